The van der Waals surface area contributed by atoms with Crippen molar-refractivity contribution >= 4 is 29.2 Å². The van der Waals surface area contributed by atoms with Gasteiger partial charge in [0.05, 0.1) is 18.7 Å². The number of carbonyl (C=O) groups is 1. The first kappa shape index (κ1) is 22.2. The number of aliphatic carboxylic acids is 1. The highest BCUT2D eigenvalue weighted by molar-refractivity contribution is 8.00. The van der Waals surface area contributed by atoms with Crippen LogP contribution in [0.5, 0.6) is 0 Å². The van der Waals surface area contributed by atoms with Crippen molar-refractivity contribution < 1.29 is 14.3 Å². The van der Waals surface area contributed by atoms with E-state index < -0.39 is 12.1 Å². The summed E-state index contributed by atoms with van der Waals surface area (Å²) >= 11 is 1.65. The molecule has 0 amide bonds. The maximum Gasteiger partial charge on any atom is 0.307 e. The topological polar surface area (TPSA) is 40.5 Å². The molecule has 1 heterocycles. The van der Waals surface area contributed by atoms with Crippen molar-refractivity contribution in [3.8, 4) is 0 Å². The van der Waals surface area contributed by atoms with Gasteiger partial charge >= 0.3 is 5.97 Å². The number of rotatable bonds is 4. The largest absolute Gasteiger partial charge is 0.481 e. The van der Waals surface area contributed by atoms with E-state index in [-0.39, 0.29) is 17.8 Å². The van der Waals surface area contributed by atoms with Gasteiger partial charge in [-0.2, -0.15) is 0 Å². The quantitative estimate of drug-likeness (QED) is 0.533. The van der Waals surface area contributed by atoms with Crippen LogP contribution in [0.15, 0.2) is 35.9 Å². The average molecular weight is 442 g/mol. The number of hydrogen-bond acceptors (Lipinski definition) is 3. The minimum absolute atomic E-state index is 0.0120. The van der Waals surface area contributed by atoms with Gasteiger partial charge in [0.2, 0.25) is 0 Å². The van der Waals surface area contributed by atoms with Gasteiger partial charge in [0.25, 0.3) is 0 Å². The number of hydrogen-bond donors (Lipinski definition) is 1. The molecule has 31 heavy (non-hydrogen) atoms. The zero-order valence-electron chi connectivity index (χ0n) is 18.9. The predicted octanol–water partition coefficient (Wildman–Crippen LogP) is 6.62. The lowest BCUT2D eigenvalue weighted by Gasteiger charge is -2.39. The summed E-state index contributed by atoms with van der Waals surface area (Å²) < 4.78 is 16.8. The summed E-state index contributed by atoms with van der Waals surface area (Å²) in [4.78, 5) is 11.8. The Labute approximate surface area is 189 Å². The summed E-state index contributed by atoms with van der Waals surface area (Å²) in [5.74, 6) is -0.781. The summed E-state index contributed by atoms with van der Waals surface area (Å²) in [5.41, 5.74) is 7.98. The van der Waals surface area contributed by atoms with Gasteiger partial charge in [-0.25, -0.2) is 4.39 Å². The van der Waals surface area contributed by atoms with Gasteiger partial charge in [0.15, 0.2) is 0 Å². The van der Waals surface area contributed by atoms with Crippen molar-refractivity contribution in [3.63, 3.8) is 0 Å². The number of benzene rings is 1. The fourth-order valence-electron chi connectivity index (χ4n) is 5.22. The third kappa shape index (κ3) is 4.34. The Balaban J connectivity index is 1.92. The van der Waals surface area contributed by atoms with E-state index in [1.165, 1.54) is 11.1 Å². The number of carboxylic acids is 1. The molecule has 5 heteroatoms. The van der Waals surface area contributed by atoms with Crippen molar-refractivity contribution in [3.05, 3.63) is 58.2 Å². The van der Waals surface area contributed by atoms with Crippen LogP contribution in [0.4, 0.5) is 10.1 Å². The highest BCUT2D eigenvalue weighted by Gasteiger charge is 2.35. The Morgan fingerprint density at radius 1 is 1.39 bits per heavy atom. The van der Waals surface area contributed by atoms with E-state index in [9.17, 15) is 14.3 Å². The molecule has 1 aromatic rings. The first-order valence-electron chi connectivity index (χ1n) is 11.1. The molecular weight excluding hydrogens is 409 g/mol. The highest BCUT2D eigenvalue weighted by Crippen LogP contribution is 2.49. The molecule has 1 N–H and O–H groups in total. The summed E-state index contributed by atoms with van der Waals surface area (Å²) in [6.45, 7) is 7.35. The Morgan fingerprint density at radius 2 is 2.16 bits per heavy atom. The molecule has 0 radical (unpaired) electrons. The van der Waals surface area contributed by atoms with Crippen LogP contribution >= 0.6 is 11.9 Å². The van der Waals surface area contributed by atoms with Gasteiger partial charge in [-0.15, -0.1) is 0 Å². The number of alkyl halides is 1. The van der Waals surface area contributed by atoms with Crippen LogP contribution in [0.2, 0.25) is 0 Å². The van der Waals surface area contributed by atoms with Crippen molar-refractivity contribution in [2.24, 2.45) is 5.41 Å². The normalized spacial score (nSPS) is 24.6. The number of halogens is 1. The van der Waals surface area contributed by atoms with Gasteiger partial charge in [0, 0.05) is 12.2 Å². The summed E-state index contributed by atoms with van der Waals surface area (Å²) in [7, 11) is 0. The molecule has 0 fully saturated rings. The van der Waals surface area contributed by atoms with Gasteiger partial charge < -0.3 is 9.41 Å². The molecule has 166 valence electrons. The molecule has 0 spiro atoms. The van der Waals surface area contributed by atoms with Crippen LogP contribution in [0, 0.1) is 12.3 Å². The second-order valence-corrected chi connectivity index (χ2v) is 10.6. The number of nitrogens with zero attached hydrogens (tertiary/aromatic N) is 1. The standard InChI is InChI=1S/C26H32FNO2S/c1-16-20(14-24(29)30)22(17-8-10-26(2,3)11-9-17)13-23-21-12-19(27)7-5-6-18(21)15-28(31-4)25(16)23/h5-8,13,19,21H,9-12,14-15H2,1-4H3,(H,29,30). The smallest absolute Gasteiger partial charge is 0.307 e. The van der Waals surface area contributed by atoms with E-state index >= 15 is 0 Å². The fraction of sp³-hybridized carbons (Fsp3) is 0.500. The predicted molar refractivity (Wildman–Crippen MR) is 128 cm³/mol. The van der Waals surface area contributed by atoms with Crippen molar-refractivity contribution in [2.75, 3.05) is 17.1 Å². The number of allylic oxidation sites excluding steroid dienone is 5. The van der Waals surface area contributed by atoms with E-state index in [1.54, 1.807) is 18.0 Å². The van der Waals surface area contributed by atoms with Gasteiger partial charge in [-0.3, -0.25) is 4.79 Å². The molecule has 0 saturated heterocycles. The molecule has 3 nitrogen and oxygen atoms in total. The third-order valence-corrected chi connectivity index (χ3v) is 7.81. The molecule has 0 saturated carbocycles. The lowest BCUT2D eigenvalue weighted by atomic mass is 9.74. The van der Waals surface area contributed by atoms with Crippen LogP contribution in [-0.2, 0) is 11.2 Å². The van der Waals surface area contributed by atoms with E-state index in [4.69, 9.17) is 0 Å². The van der Waals surface area contributed by atoms with E-state index in [1.807, 2.05) is 19.3 Å². The summed E-state index contributed by atoms with van der Waals surface area (Å²) in [6.07, 6.45) is 12.4. The first-order valence-corrected chi connectivity index (χ1v) is 12.3. The Kier molecular flexibility index (Phi) is 6.08. The lowest BCUT2D eigenvalue weighted by Crippen LogP contribution is -2.30. The molecule has 0 bridgehead atoms. The maximum atomic E-state index is 14.6. The molecule has 2 aliphatic carbocycles. The second-order valence-electron chi connectivity index (χ2n) is 9.78. The van der Waals surface area contributed by atoms with Gasteiger partial charge in [0.1, 0.15) is 6.17 Å². The molecule has 1 aromatic carbocycles. The molecule has 2 unspecified atom stereocenters. The minimum Gasteiger partial charge on any atom is -0.481 e. The number of anilines is 1. The molecule has 3 aliphatic rings. The van der Waals surface area contributed by atoms with E-state index in [0.717, 1.165) is 53.7 Å². The average Bonchev–Trinajstić information content (AvgIpc) is 2.89. The number of fused-ring (bicyclic) bond motifs is 3. The lowest BCUT2D eigenvalue weighted by molar-refractivity contribution is -0.136. The van der Waals surface area contributed by atoms with Gasteiger partial charge in [-0.1, -0.05) is 50.1 Å². The second kappa shape index (κ2) is 8.50. The minimum atomic E-state index is -0.968. The SMILES string of the molecule is CSN1CC2=CC=CC(F)CC2c2cc(C3=CCC(C)(C)CC3)c(CC(=O)O)c(C)c21. The monoisotopic (exact) mass is 441 g/mol. The Morgan fingerprint density at radius 3 is 2.81 bits per heavy atom. The van der Waals surface area contributed by atoms with E-state index in [0.29, 0.717) is 6.42 Å². The molecule has 2 atom stereocenters. The summed E-state index contributed by atoms with van der Waals surface area (Å²) in [6, 6.07) is 2.20. The fourth-order valence-corrected chi connectivity index (χ4v) is 5.92. The van der Waals surface area contributed by atoms with Crippen LogP contribution < -0.4 is 4.31 Å². The molecular formula is C26H32FNO2S. The summed E-state index contributed by atoms with van der Waals surface area (Å²) in [5, 5.41) is 9.68. The Bertz CT molecular complexity index is 992. The van der Waals surface area contributed by atoms with Crippen LogP contribution in [0.25, 0.3) is 5.57 Å². The van der Waals surface area contributed by atoms with Crippen LogP contribution in [-0.4, -0.2) is 30.0 Å². The number of carboxylic acid groups (broad SMARTS) is 1. The zero-order valence-corrected chi connectivity index (χ0v) is 19.7. The molecule has 4 rings (SSSR count). The maximum absolute atomic E-state index is 14.6. The van der Waals surface area contributed by atoms with Gasteiger partial charge in [-0.05, 0) is 77.5 Å². The van der Waals surface area contributed by atoms with Crippen LogP contribution in [0.1, 0.15) is 67.7 Å². The van der Waals surface area contributed by atoms with E-state index in [2.05, 4.69) is 36.4 Å². The third-order valence-electron chi connectivity index (χ3n) is 7.06. The zero-order chi connectivity index (χ0) is 22.3. The molecule has 1 aliphatic heterocycles. The van der Waals surface area contributed by atoms with Crippen molar-refractivity contribution in [1.29, 1.82) is 0 Å². The highest BCUT2D eigenvalue weighted by atomic mass is 32.2. The first-order chi connectivity index (χ1) is 14.7. The van der Waals surface area contributed by atoms with Crippen molar-refractivity contribution in [1.82, 2.24) is 0 Å². The molecule has 0 aromatic heterocycles. The van der Waals surface area contributed by atoms with Crippen LogP contribution in [0.3, 0.4) is 0 Å². The van der Waals surface area contributed by atoms with Crippen molar-refractivity contribution in [2.45, 2.75) is 65.0 Å². The Hall–Kier alpha value is -2.01.